The summed E-state index contributed by atoms with van der Waals surface area (Å²) in [5.74, 6) is 0.430. The van der Waals surface area contributed by atoms with Gasteiger partial charge in [-0.3, -0.25) is 10.1 Å². The van der Waals surface area contributed by atoms with Crippen LogP contribution in [0, 0.1) is 10.1 Å². The summed E-state index contributed by atoms with van der Waals surface area (Å²) in [5, 5.41) is 10.9. The first kappa shape index (κ1) is 12.1. The summed E-state index contributed by atoms with van der Waals surface area (Å²) in [6, 6.07) is 3.00. The molecule has 0 aliphatic heterocycles. The smallest absolute Gasteiger partial charge is 0.337 e. The number of hydrogen-bond acceptors (Lipinski definition) is 5. The molecule has 2 N–H and O–H groups in total. The zero-order valence-corrected chi connectivity index (χ0v) is 9.23. The summed E-state index contributed by atoms with van der Waals surface area (Å²) < 4.78 is 10.5. The quantitative estimate of drug-likeness (QED) is 0.471. The van der Waals surface area contributed by atoms with Gasteiger partial charge in [-0.2, -0.15) is 0 Å². The number of hydrogen-bond donors (Lipinski definition) is 1. The van der Waals surface area contributed by atoms with E-state index in [9.17, 15) is 10.1 Å². The predicted molar refractivity (Wildman–Crippen MR) is 59.8 cm³/mol. The molecule has 0 radical (unpaired) electrons. The first-order valence-electron chi connectivity index (χ1n) is 4.94. The normalized spacial score (nSPS) is 9.88. The Morgan fingerprint density at radius 3 is 2.44 bits per heavy atom. The van der Waals surface area contributed by atoms with Crippen LogP contribution >= 0.6 is 0 Å². The zero-order chi connectivity index (χ0) is 12.1. The molecule has 88 valence electrons. The van der Waals surface area contributed by atoms with E-state index in [4.69, 9.17) is 15.2 Å². The largest absolute Gasteiger partial charge is 0.490 e. The summed E-state index contributed by atoms with van der Waals surface area (Å²) in [6.45, 7) is 4.24. The molecule has 0 atom stereocenters. The summed E-state index contributed by atoms with van der Waals surface area (Å²) in [5.41, 5.74) is 5.36. The SMILES string of the molecule is CCOc1ccc(N)c([N+](=O)[O-])c1OCC. The average molecular weight is 226 g/mol. The molecule has 0 amide bonds. The van der Waals surface area contributed by atoms with Gasteiger partial charge in [0.25, 0.3) is 0 Å². The van der Waals surface area contributed by atoms with Crippen LogP contribution in [0.3, 0.4) is 0 Å². The van der Waals surface area contributed by atoms with Crippen LogP contribution in [0.15, 0.2) is 12.1 Å². The number of nitrogen functional groups attached to an aromatic ring is 1. The van der Waals surface area contributed by atoms with Crippen molar-refractivity contribution in [3.63, 3.8) is 0 Å². The highest BCUT2D eigenvalue weighted by Crippen LogP contribution is 2.41. The van der Waals surface area contributed by atoms with Crippen LogP contribution in [0.2, 0.25) is 0 Å². The topological polar surface area (TPSA) is 87.6 Å². The highest BCUT2D eigenvalue weighted by atomic mass is 16.6. The Balaban J connectivity index is 3.31. The molecule has 6 heteroatoms. The van der Waals surface area contributed by atoms with E-state index in [2.05, 4.69) is 0 Å². The Bertz CT molecular complexity index is 393. The molecular formula is C10H14N2O4. The van der Waals surface area contributed by atoms with E-state index in [-0.39, 0.29) is 17.1 Å². The molecule has 16 heavy (non-hydrogen) atoms. The van der Waals surface area contributed by atoms with Gasteiger partial charge in [-0.15, -0.1) is 0 Å². The minimum atomic E-state index is -0.567. The Labute approximate surface area is 93.1 Å². The zero-order valence-electron chi connectivity index (χ0n) is 9.23. The number of nitrogens with two attached hydrogens (primary N) is 1. The lowest BCUT2D eigenvalue weighted by Crippen LogP contribution is -2.04. The van der Waals surface area contributed by atoms with Crippen molar-refractivity contribution in [2.45, 2.75) is 13.8 Å². The number of nitro groups is 1. The van der Waals surface area contributed by atoms with Crippen molar-refractivity contribution in [2.24, 2.45) is 0 Å². The fourth-order valence-electron chi connectivity index (χ4n) is 1.31. The summed E-state index contributed by atoms with van der Waals surface area (Å²) >= 11 is 0. The van der Waals surface area contributed by atoms with E-state index in [1.807, 2.05) is 0 Å². The molecule has 0 spiro atoms. The Morgan fingerprint density at radius 2 is 1.94 bits per heavy atom. The average Bonchev–Trinajstić information content (AvgIpc) is 2.22. The molecule has 6 nitrogen and oxygen atoms in total. The molecule has 1 aromatic rings. The van der Waals surface area contributed by atoms with Gasteiger partial charge in [0.1, 0.15) is 5.69 Å². The highest BCUT2D eigenvalue weighted by molar-refractivity contribution is 5.70. The minimum Gasteiger partial charge on any atom is -0.490 e. The number of anilines is 1. The summed E-state index contributed by atoms with van der Waals surface area (Å²) in [6.07, 6.45) is 0. The lowest BCUT2D eigenvalue weighted by atomic mass is 10.2. The van der Waals surface area contributed by atoms with Crippen LogP contribution in [0.25, 0.3) is 0 Å². The second-order valence-corrected chi connectivity index (χ2v) is 2.95. The van der Waals surface area contributed by atoms with E-state index in [0.717, 1.165) is 0 Å². The maximum atomic E-state index is 10.9. The molecule has 0 heterocycles. The third-order valence-electron chi connectivity index (χ3n) is 1.90. The second-order valence-electron chi connectivity index (χ2n) is 2.95. The van der Waals surface area contributed by atoms with Gasteiger partial charge >= 0.3 is 5.69 Å². The maximum Gasteiger partial charge on any atom is 0.337 e. The van der Waals surface area contributed by atoms with E-state index < -0.39 is 4.92 Å². The van der Waals surface area contributed by atoms with Crippen molar-refractivity contribution in [3.8, 4) is 11.5 Å². The Kier molecular flexibility index (Phi) is 3.93. The molecular weight excluding hydrogens is 212 g/mol. The van der Waals surface area contributed by atoms with Crippen LogP contribution in [0.1, 0.15) is 13.8 Å². The number of ether oxygens (including phenoxy) is 2. The number of benzene rings is 1. The molecule has 1 aromatic carbocycles. The van der Waals surface area contributed by atoms with Gasteiger partial charge in [-0.25, -0.2) is 0 Å². The van der Waals surface area contributed by atoms with Gasteiger partial charge in [0, 0.05) is 0 Å². The van der Waals surface area contributed by atoms with Crippen LogP contribution in [0.5, 0.6) is 11.5 Å². The monoisotopic (exact) mass is 226 g/mol. The van der Waals surface area contributed by atoms with Crippen LogP contribution in [-0.4, -0.2) is 18.1 Å². The van der Waals surface area contributed by atoms with Crippen molar-refractivity contribution in [1.82, 2.24) is 0 Å². The van der Waals surface area contributed by atoms with Gasteiger partial charge in [0.2, 0.25) is 5.75 Å². The lowest BCUT2D eigenvalue weighted by molar-refractivity contribution is -0.385. The standard InChI is InChI=1S/C10H14N2O4/c1-3-15-8-6-5-7(11)9(12(13)14)10(8)16-4-2/h5-6H,3-4,11H2,1-2H3. The van der Waals surface area contributed by atoms with E-state index >= 15 is 0 Å². The van der Waals surface area contributed by atoms with Crippen LogP contribution < -0.4 is 15.2 Å². The number of nitro benzene ring substituents is 1. The third-order valence-corrected chi connectivity index (χ3v) is 1.90. The van der Waals surface area contributed by atoms with E-state index in [1.54, 1.807) is 19.9 Å². The van der Waals surface area contributed by atoms with E-state index in [1.165, 1.54) is 6.07 Å². The van der Waals surface area contributed by atoms with Crippen LogP contribution in [-0.2, 0) is 0 Å². The van der Waals surface area contributed by atoms with E-state index in [0.29, 0.717) is 19.0 Å². The molecule has 1 rings (SSSR count). The van der Waals surface area contributed by atoms with Crippen molar-refractivity contribution >= 4 is 11.4 Å². The molecule has 0 aliphatic rings. The van der Waals surface area contributed by atoms with Crippen LogP contribution in [0.4, 0.5) is 11.4 Å². The number of nitrogens with zero attached hydrogens (tertiary/aromatic N) is 1. The second kappa shape index (κ2) is 5.20. The molecule has 0 saturated carbocycles. The third kappa shape index (κ3) is 2.33. The predicted octanol–water partition coefficient (Wildman–Crippen LogP) is 1.97. The Hall–Kier alpha value is -1.98. The minimum absolute atomic E-state index is 0.0666. The number of rotatable bonds is 5. The van der Waals surface area contributed by atoms with Gasteiger partial charge in [0.05, 0.1) is 18.1 Å². The first-order valence-corrected chi connectivity index (χ1v) is 4.94. The molecule has 0 aromatic heterocycles. The summed E-state index contributed by atoms with van der Waals surface area (Å²) in [7, 11) is 0. The molecule has 0 aliphatic carbocycles. The highest BCUT2D eigenvalue weighted by Gasteiger charge is 2.24. The molecule has 0 bridgehead atoms. The molecule has 0 unspecified atom stereocenters. The van der Waals surface area contributed by atoms with Crippen molar-refractivity contribution in [3.05, 3.63) is 22.2 Å². The fraction of sp³-hybridized carbons (Fsp3) is 0.400. The van der Waals surface area contributed by atoms with Crippen molar-refractivity contribution in [2.75, 3.05) is 18.9 Å². The van der Waals surface area contributed by atoms with Gasteiger partial charge in [-0.1, -0.05) is 0 Å². The first-order chi connectivity index (χ1) is 7.61. The molecule has 0 saturated heterocycles. The molecule has 0 fully saturated rings. The maximum absolute atomic E-state index is 10.9. The van der Waals surface area contributed by atoms with Crippen molar-refractivity contribution < 1.29 is 14.4 Å². The van der Waals surface area contributed by atoms with Crippen molar-refractivity contribution in [1.29, 1.82) is 0 Å². The Morgan fingerprint density at radius 1 is 1.31 bits per heavy atom. The van der Waals surface area contributed by atoms with Gasteiger partial charge < -0.3 is 15.2 Å². The summed E-state index contributed by atoms with van der Waals surface area (Å²) in [4.78, 5) is 10.3. The van der Waals surface area contributed by atoms with Gasteiger partial charge in [-0.05, 0) is 26.0 Å². The lowest BCUT2D eigenvalue weighted by Gasteiger charge is -2.11. The fourth-order valence-corrected chi connectivity index (χ4v) is 1.31. The van der Waals surface area contributed by atoms with Gasteiger partial charge in [0.15, 0.2) is 5.75 Å².